The Hall–Kier alpha value is -2.98. The van der Waals surface area contributed by atoms with E-state index in [1.54, 1.807) is 24.3 Å². The van der Waals surface area contributed by atoms with Crippen LogP contribution in [0.2, 0.25) is 5.02 Å². The molecule has 0 unspecified atom stereocenters. The summed E-state index contributed by atoms with van der Waals surface area (Å²) >= 11 is 7.02. The van der Waals surface area contributed by atoms with E-state index in [0.29, 0.717) is 26.8 Å². The van der Waals surface area contributed by atoms with E-state index in [2.05, 4.69) is 21.6 Å². The lowest BCUT2D eigenvalue weighted by molar-refractivity contribution is -0.274. The van der Waals surface area contributed by atoms with Gasteiger partial charge in [0, 0.05) is 17.3 Å². The Kier molecular flexibility index (Phi) is 6.91. The number of halogens is 4. The second-order valence-electron chi connectivity index (χ2n) is 6.17. The summed E-state index contributed by atoms with van der Waals surface area (Å²) in [5.74, 6) is -0.913. The van der Waals surface area contributed by atoms with E-state index >= 15 is 0 Å². The zero-order valence-corrected chi connectivity index (χ0v) is 17.4. The van der Waals surface area contributed by atoms with Gasteiger partial charge in [0.05, 0.1) is 16.7 Å². The van der Waals surface area contributed by atoms with Gasteiger partial charge in [-0.05, 0) is 42.5 Å². The first-order valence-electron chi connectivity index (χ1n) is 8.76. The van der Waals surface area contributed by atoms with Crippen LogP contribution in [0.25, 0.3) is 10.9 Å². The van der Waals surface area contributed by atoms with E-state index in [4.69, 9.17) is 11.6 Å². The van der Waals surface area contributed by atoms with Crippen molar-refractivity contribution in [3.8, 4) is 5.75 Å². The maximum absolute atomic E-state index is 12.7. The van der Waals surface area contributed by atoms with Crippen molar-refractivity contribution in [1.29, 1.82) is 0 Å². The molecule has 1 aromatic heterocycles. The molecule has 2 aromatic carbocycles. The van der Waals surface area contributed by atoms with E-state index in [0.717, 1.165) is 23.9 Å². The predicted molar refractivity (Wildman–Crippen MR) is 114 cm³/mol. The minimum absolute atomic E-state index is 0.0868. The van der Waals surface area contributed by atoms with Gasteiger partial charge >= 0.3 is 6.36 Å². The van der Waals surface area contributed by atoms with Gasteiger partial charge in [0.25, 0.3) is 5.56 Å². The van der Waals surface area contributed by atoms with Gasteiger partial charge in [0.2, 0.25) is 5.91 Å². The third-order valence-corrected chi connectivity index (χ3v) is 5.11. The highest BCUT2D eigenvalue weighted by atomic mass is 35.5. The van der Waals surface area contributed by atoms with Crippen molar-refractivity contribution in [3.63, 3.8) is 0 Å². The largest absolute Gasteiger partial charge is 0.573 e. The van der Waals surface area contributed by atoms with Crippen molar-refractivity contribution >= 4 is 45.9 Å². The average Bonchev–Trinajstić information content (AvgIpc) is 2.69. The molecule has 0 aliphatic heterocycles. The highest BCUT2D eigenvalue weighted by Gasteiger charge is 2.31. The lowest BCUT2D eigenvalue weighted by Crippen LogP contribution is -2.23. The van der Waals surface area contributed by atoms with Crippen molar-refractivity contribution in [1.82, 2.24) is 9.55 Å². The summed E-state index contributed by atoms with van der Waals surface area (Å²) in [6, 6.07) is 9.49. The summed E-state index contributed by atoms with van der Waals surface area (Å²) < 4.78 is 41.8. The van der Waals surface area contributed by atoms with E-state index in [1.807, 2.05) is 0 Å². The van der Waals surface area contributed by atoms with Gasteiger partial charge in [-0.3, -0.25) is 14.2 Å². The molecule has 1 heterocycles. The van der Waals surface area contributed by atoms with Crippen molar-refractivity contribution in [2.24, 2.45) is 0 Å². The Morgan fingerprint density at radius 2 is 1.97 bits per heavy atom. The van der Waals surface area contributed by atoms with Gasteiger partial charge in [0.1, 0.15) is 5.75 Å². The minimum Gasteiger partial charge on any atom is -0.406 e. The molecular formula is C20H15ClF3N3O3S. The number of hydrogen-bond donors (Lipinski definition) is 1. The number of carbonyl (C=O) groups is 1. The van der Waals surface area contributed by atoms with E-state index in [9.17, 15) is 22.8 Å². The molecule has 0 saturated heterocycles. The number of aromatic nitrogens is 2. The maximum atomic E-state index is 12.7. The molecule has 11 heteroatoms. The van der Waals surface area contributed by atoms with Crippen LogP contribution in [-0.2, 0) is 11.3 Å². The zero-order chi connectivity index (χ0) is 22.6. The van der Waals surface area contributed by atoms with Crippen LogP contribution in [-0.4, -0.2) is 27.6 Å². The first-order valence-corrected chi connectivity index (χ1v) is 10.1. The molecule has 0 bridgehead atoms. The first kappa shape index (κ1) is 22.7. The lowest BCUT2D eigenvalue weighted by Gasteiger charge is -2.12. The third kappa shape index (κ3) is 6.02. The smallest absolute Gasteiger partial charge is 0.406 e. The zero-order valence-electron chi connectivity index (χ0n) is 15.8. The summed E-state index contributed by atoms with van der Waals surface area (Å²) in [4.78, 5) is 29.4. The average molecular weight is 470 g/mol. The number of alkyl halides is 3. The quantitative estimate of drug-likeness (QED) is 0.304. The SMILES string of the molecule is C=CCn1c(SCC(=O)Nc2ccc(OC(F)(F)F)cc2)nc2cc(Cl)ccc2c1=O. The molecule has 3 rings (SSSR count). The number of amides is 1. The van der Waals surface area contributed by atoms with Gasteiger partial charge in [-0.25, -0.2) is 4.98 Å². The Balaban J connectivity index is 1.73. The number of hydrogen-bond acceptors (Lipinski definition) is 5. The molecule has 162 valence electrons. The van der Waals surface area contributed by atoms with Crippen LogP contribution in [0.5, 0.6) is 5.75 Å². The van der Waals surface area contributed by atoms with Crippen LogP contribution < -0.4 is 15.6 Å². The molecule has 0 aliphatic carbocycles. The maximum Gasteiger partial charge on any atom is 0.573 e. The van der Waals surface area contributed by atoms with Crippen molar-refractivity contribution in [3.05, 3.63) is 70.5 Å². The van der Waals surface area contributed by atoms with Crippen molar-refractivity contribution < 1.29 is 22.7 Å². The van der Waals surface area contributed by atoms with Gasteiger partial charge in [-0.2, -0.15) is 0 Å². The number of rotatable bonds is 7. The number of carbonyl (C=O) groups excluding carboxylic acids is 1. The van der Waals surface area contributed by atoms with Crippen molar-refractivity contribution in [2.75, 3.05) is 11.1 Å². The van der Waals surface area contributed by atoms with Crippen LogP contribution in [0.15, 0.2) is 65.1 Å². The number of anilines is 1. The monoisotopic (exact) mass is 469 g/mol. The first-order chi connectivity index (χ1) is 14.7. The normalized spacial score (nSPS) is 11.4. The molecular weight excluding hydrogens is 455 g/mol. The van der Waals surface area contributed by atoms with Crippen LogP contribution >= 0.6 is 23.4 Å². The fraction of sp³-hybridized carbons (Fsp3) is 0.150. The number of benzene rings is 2. The lowest BCUT2D eigenvalue weighted by atomic mass is 10.2. The van der Waals surface area contributed by atoms with Gasteiger partial charge in [-0.1, -0.05) is 29.4 Å². The Bertz CT molecular complexity index is 1180. The van der Waals surface area contributed by atoms with E-state index in [1.165, 1.54) is 16.7 Å². The topological polar surface area (TPSA) is 73.2 Å². The van der Waals surface area contributed by atoms with Crippen LogP contribution in [0.3, 0.4) is 0 Å². The second kappa shape index (κ2) is 9.44. The Labute approximate surface area is 183 Å². The summed E-state index contributed by atoms with van der Waals surface area (Å²) in [6.07, 6.45) is -3.25. The van der Waals surface area contributed by atoms with Gasteiger partial charge in [0.15, 0.2) is 5.16 Å². The highest BCUT2D eigenvalue weighted by Crippen LogP contribution is 2.24. The molecule has 0 atom stereocenters. The minimum atomic E-state index is -4.79. The van der Waals surface area contributed by atoms with Gasteiger partial charge in [-0.15, -0.1) is 19.8 Å². The standard InChI is InChI=1S/C20H15ClF3N3O3S/c1-2-9-27-18(29)15-8-3-12(21)10-16(15)26-19(27)31-11-17(28)25-13-4-6-14(7-5-13)30-20(22,23)24/h2-8,10H,1,9,11H2,(H,25,28). The molecule has 0 fully saturated rings. The van der Waals surface area contributed by atoms with E-state index in [-0.39, 0.29) is 17.9 Å². The molecule has 0 aliphatic rings. The summed E-state index contributed by atoms with van der Waals surface area (Å²) in [5.41, 5.74) is 0.410. The Morgan fingerprint density at radius 3 is 2.61 bits per heavy atom. The predicted octanol–water partition coefficient (Wildman–Crippen LogP) is 4.87. The van der Waals surface area contributed by atoms with Crippen LogP contribution in [0.4, 0.5) is 18.9 Å². The molecule has 0 radical (unpaired) electrons. The van der Waals surface area contributed by atoms with Gasteiger partial charge < -0.3 is 10.1 Å². The van der Waals surface area contributed by atoms with Crippen LogP contribution in [0.1, 0.15) is 0 Å². The fourth-order valence-electron chi connectivity index (χ4n) is 2.64. The highest BCUT2D eigenvalue weighted by molar-refractivity contribution is 7.99. The number of allylic oxidation sites excluding steroid dienone is 1. The molecule has 1 amide bonds. The summed E-state index contributed by atoms with van der Waals surface area (Å²) in [7, 11) is 0. The number of thioether (sulfide) groups is 1. The summed E-state index contributed by atoms with van der Waals surface area (Å²) in [6.45, 7) is 3.84. The molecule has 0 saturated carbocycles. The number of ether oxygens (including phenoxy) is 1. The van der Waals surface area contributed by atoms with Crippen molar-refractivity contribution in [2.45, 2.75) is 18.1 Å². The number of fused-ring (bicyclic) bond motifs is 1. The Morgan fingerprint density at radius 1 is 1.26 bits per heavy atom. The molecule has 6 nitrogen and oxygen atoms in total. The number of nitrogens with zero attached hydrogens (tertiary/aromatic N) is 2. The fourth-order valence-corrected chi connectivity index (χ4v) is 3.62. The third-order valence-electron chi connectivity index (χ3n) is 3.90. The summed E-state index contributed by atoms with van der Waals surface area (Å²) in [5, 5.41) is 3.68. The molecule has 1 N–H and O–H groups in total. The number of nitrogens with one attached hydrogen (secondary N) is 1. The second-order valence-corrected chi connectivity index (χ2v) is 7.55. The molecule has 0 spiro atoms. The molecule has 31 heavy (non-hydrogen) atoms. The van der Waals surface area contributed by atoms with E-state index < -0.39 is 18.0 Å². The van der Waals surface area contributed by atoms with Crippen LogP contribution in [0, 0.1) is 0 Å². The molecule has 3 aromatic rings.